The summed E-state index contributed by atoms with van der Waals surface area (Å²) in [5.74, 6) is -0.279. The summed E-state index contributed by atoms with van der Waals surface area (Å²) in [6, 6.07) is 17.8. The molecular formula is C20H22N2O2. The highest BCUT2D eigenvalue weighted by atomic mass is 16.2. The predicted molar refractivity (Wildman–Crippen MR) is 94.6 cm³/mol. The van der Waals surface area contributed by atoms with Crippen LogP contribution in [-0.4, -0.2) is 29.8 Å². The number of amides is 2. The minimum atomic E-state index is -0.269. The first-order chi connectivity index (χ1) is 11.6. The van der Waals surface area contributed by atoms with E-state index < -0.39 is 0 Å². The Balaban J connectivity index is 1.53. The number of nitrogens with one attached hydrogen (secondary N) is 1. The van der Waals surface area contributed by atoms with Gasteiger partial charge in [0.05, 0.1) is 5.92 Å². The molecule has 0 aromatic heterocycles. The van der Waals surface area contributed by atoms with Crippen molar-refractivity contribution in [3.8, 4) is 0 Å². The Morgan fingerprint density at radius 3 is 2.54 bits per heavy atom. The van der Waals surface area contributed by atoms with Crippen LogP contribution in [0.4, 0.5) is 5.69 Å². The van der Waals surface area contributed by atoms with Crippen molar-refractivity contribution in [1.82, 2.24) is 4.90 Å². The van der Waals surface area contributed by atoms with Crippen LogP contribution in [0.5, 0.6) is 0 Å². The number of anilines is 1. The Kier molecular flexibility index (Phi) is 4.94. The van der Waals surface area contributed by atoms with Gasteiger partial charge in [-0.05, 0) is 31.0 Å². The van der Waals surface area contributed by atoms with Crippen molar-refractivity contribution in [2.75, 3.05) is 18.4 Å². The first-order valence-corrected chi connectivity index (χ1v) is 8.31. The molecule has 1 saturated heterocycles. The van der Waals surface area contributed by atoms with Crippen LogP contribution in [0.3, 0.4) is 0 Å². The maximum atomic E-state index is 12.4. The fourth-order valence-electron chi connectivity index (χ4n) is 2.95. The molecule has 4 nitrogen and oxygen atoms in total. The van der Waals surface area contributed by atoms with E-state index in [1.165, 1.54) is 5.56 Å². The highest BCUT2D eigenvalue weighted by Gasteiger charge is 2.33. The largest absolute Gasteiger partial charge is 0.342 e. The second-order valence-electron chi connectivity index (χ2n) is 6.33. The molecule has 24 heavy (non-hydrogen) atoms. The summed E-state index contributed by atoms with van der Waals surface area (Å²) in [5.41, 5.74) is 3.13. The average molecular weight is 322 g/mol. The van der Waals surface area contributed by atoms with Crippen LogP contribution < -0.4 is 5.32 Å². The van der Waals surface area contributed by atoms with Crippen LogP contribution in [0.15, 0.2) is 54.6 Å². The molecule has 1 aliphatic heterocycles. The molecule has 0 aliphatic carbocycles. The van der Waals surface area contributed by atoms with Gasteiger partial charge in [0.2, 0.25) is 11.8 Å². The van der Waals surface area contributed by atoms with E-state index in [0.717, 1.165) is 17.7 Å². The summed E-state index contributed by atoms with van der Waals surface area (Å²) in [6.07, 6.45) is 1.12. The average Bonchev–Trinajstić information content (AvgIpc) is 2.97. The van der Waals surface area contributed by atoms with Gasteiger partial charge in [0.1, 0.15) is 0 Å². The molecule has 1 N–H and O–H groups in total. The summed E-state index contributed by atoms with van der Waals surface area (Å²) in [6.45, 7) is 3.17. The maximum Gasteiger partial charge on any atom is 0.229 e. The standard InChI is InChI=1S/C20H22N2O2/c1-15-7-9-18(10-8-15)21-20(24)17-13-19(23)22(14-17)12-11-16-5-3-2-4-6-16/h2-10,17H,11-14H2,1H3,(H,21,24)/t17-/m1/s1. The molecule has 1 aliphatic rings. The van der Waals surface area contributed by atoms with Crippen LogP contribution in [0.2, 0.25) is 0 Å². The minimum absolute atomic E-state index is 0.0648. The van der Waals surface area contributed by atoms with E-state index in [-0.39, 0.29) is 17.7 Å². The third-order valence-corrected chi connectivity index (χ3v) is 4.42. The van der Waals surface area contributed by atoms with Crippen molar-refractivity contribution in [2.24, 2.45) is 5.92 Å². The monoisotopic (exact) mass is 322 g/mol. The Hall–Kier alpha value is -2.62. The Morgan fingerprint density at radius 2 is 1.83 bits per heavy atom. The molecule has 0 unspecified atom stereocenters. The zero-order valence-corrected chi connectivity index (χ0v) is 13.9. The van der Waals surface area contributed by atoms with E-state index in [2.05, 4.69) is 17.4 Å². The molecule has 1 atom stereocenters. The first kappa shape index (κ1) is 16.2. The number of likely N-dealkylation sites (tertiary alicyclic amines) is 1. The third-order valence-electron chi connectivity index (χ3n) is 4.42. The number of hydrogen-bond donors (Lipinski definition) is 1. The van der Waals surface area contributed by atoms with Gasteiger partial charge >= 0.3 is 0 Å². The molecule has 0 saturated carbocycles. The van der Waals surface area contributed by atoms with Gasteiger partial charge in [-0.3, -0.25) is 9.59 Å². The van der Waals surface area contributed by atoms with Crippen molar-refractivity contribution in [2.45, 2.75) is 19.8 Å². The highest BCUT2D eigenvalue weighted by molar-refractivity contribution is 5.97. The summed E-state index contributed by atoms with van der Waals surface area (Å²) in [5, 5.41) is 2.91. The molecule has 2 aromatic carbocycles. The van der Waals surface area contributed by atoms with Crippen LogP contribution in [0.1, 0.15) is 17.5 Å². The number of carbonyl (C=O) groups is 2. The number of rotatable bonds is 5. The Bertz CT molecular complexity index is 710. The van der Waals surface area contributed by atoms with E-state index in [1.54, 1.807) is 4.90 Å². The number of nitrogens with zero attached hydrogens (tertiary/aromatic N) is 1. The molecule has 3 rings (SSSR count). The van der Waals surface area contributed by atoms with Crippen LogP contribution in [-0.2, 0) is 16.0 Å². The lowest BCUT2D eigenvalue weighted by molar-refractivity contribution is -0.128. The van der Waals surface area contributed by atoms with Crippen molar-refractivity contribution in [3.63, 3.8) is 0 Å². The van der Waals surface area contributed by atoms with Gasteiger partial charge in [0.15, 0.2) is 0 Å². The zero-order chi connectivity index (χ0) is 16.9. The van der Waals surface area contributed by atoms with Gasteiger partial charge in [0, 0.05) is 25.2 Å². The molecule has 0 radical (unpaired) electrons. The lowest BCUT2D eigenvalue weighted by atomic mass is 10.1. The van der Waals surface area contributed by atoms with Crippen LogP contribution in [0.25, 0.3) is 0 Å². The van der Waals surface area contributed by atoms with E-state index >= 15 is 0 Å². The maximum absolute atomic E-state index is 12.4. The Labute approximate surface area is 142 Å². The van der Waals surface area contributed by atoms with Crippen LogP contribution in [0, 0.1) is 12.8 Å². The van der Waals surface area contributed by atoms with E-state index in [9.17, 15) is 9.59 Å². The molecule has 1 heterocycles. The molecule has 2 amide bonds. The SMILES string of the molecule is Cc1ccc(NC(=O)[C@@H]2CC(=O)N(CCc3ccccc3)C2)cc1. The van der Waals surface area contributed by atoms with Gasteiger partial charge < -0.3 is 10.2 Å². The summed E-state index contributed by atoms with van der Waals surface area (Å²) in [7, 11) is 0. The van der Waals surface area contributed by atoms with Gasteiger partial charge in [0.25, 0.3) is 0 Å². The van der Waals surface area contributed by atoms with E-state index in [1.807, 2.05) is 49.4 Å². The topological polar surface area (TPSA) is 49.4 Å². The lowest BCUT2D eigenvalue weighted by Gasteiger charge is -2.16. The van der Waals surface area contributed by atoms with Gasteiger partial charge in [-0.25, -0.2) is 0 Å². The molecular weight excluding hydrogens is 300 g/mol. The van der Waals surface area contributed by atoms with E-state index in [4.69, 9.17) is 0 Å². The smallest absolute Gasteiger partial charge is 0.229 e. The normalized spacial score (nSPS) is 17.1. The van der Waals surface area contributed by atoms with Crippen LogP contribution >= 0.6 is 0 Å². The Morgan fingerprint density at radius 1 is 1.12 bits per heavy atom. The second-order valence-corrected chi connectivity index (χ2v) is 6.33. The van der Waals surface area contributed by atoms with E-state index in [0.29, 0.717) is 19.5 Å². The van der Waals surface area contributed by atoms with Crippen molar-refractivity contribution < 1.29 is 9.59 Å². The molecule has 0 bridgehead atoms. The third kappa shape index (κ3) is 4.02. The molecule has 124 valence electrons. The predicted octanol–water partition coefficient (Wildman–Crippen LogP) is 3.02. The van der Waals surface area contributed by atoms with Gasteiger partial charge in [-0.1, -0.05) is 48.0 Å². The van der Waals surface area contributed by atoms with Crippen molar-refractivity contribution in [1.29, 1.82) is 0 Å². The van der Waals surface area contributed by atoms with Crippen molar-refractivity contribution in [3.05, 3.63) is 65.7 Å². The lowest BCUT2D eigenvalue weighted by Crippen LogP contribution is -2.30. The van der Waals surface area contributed by atoms with Gasteiger partial charge in [-0.2, -0.15) is 0 Å². The number of carbonyl (C=O) groups excluding carboxylic acids is 2. The number of aryl methyl sites for hydroxylation is 1. The number of benzene rings is 2. The first-order valence-electron chi connectivity index (χ1n) is 8.31. The van der Waals surface area contributed by atoms with Crippen molar-refractivity contribution >= 4 is 17.5 Å². The quantitative estimate of drug-likeness (QED) is 0.920. The molecule has 0 spiro atoms. The summed E-state index contributed by atoms with van der Waals surface area (Å²) in [4.78, 5) is 26.3. The fraction of sp³-hybridized carbons (Fsp3) is 0.300. The molecule has 4 heteroatoms. The summed E-state index contributed by atoms with van der Waals surface area (Å²) >= 11 is 0. The zero-order valence-electron chi connectivity index (χ0n) is 13.9. The summed E-state index contributed by atoms with van der Waals surface area (Å²) < 4.78 is 0. The second kappa shape index (κ2) is 7.30. The molecule has 1 fully saturated rings. The van der Waals surface area contributed by atoms with Gasteiger partial charge in [-0.15, -0.1) is 0 Å². The molecule has 2 aromatic rings. The fourth-order valence-corrected chi connectivity index (χ4v) is 2.95. The minimum Gasteiger partial charge on any atom is -0.342 e. The highest BCUT2D eigenvalue weighted by Crippen LogP contribution is 2.20. The number of hydrogen-bond acceptors (Lipinski definition) is 2.